The Morgan fingerprint density at radius 3 is 2.29 bits per heavy atom. The van der Waals surface area contributed by atoms with Crippen molar-refractivity contribution in [1.82, 2.24) is 0 Å². The van der Waals surface area contributed by atoms with E-state index < -0.39 is 11.8 Å². The van der Waals surface area contributed by atoms with Gasteiger partial charge in [0.1, 0.15) is 11.6 Å². The van der Waals surface area contributed by atoms with Gasteiger partial charge in [0.25, 0.3) is 5.91 Å². The number of halogens is 1. The minimum Gasteiger partial charge on any atom is -0.427 e. The normalized spacial score (nSPS) is 10.3. The van der Waals surface area contributed by atoms with Crippen LogP contribution < -0.4 is 10.1 Å². The second-order valence-corrected chi connectivity index (χ2v) is 6.81. The van der Waals surface area contributed by atoms with Gasteiger partial charge in [-0.05, 0) is 60.0 Å². The molecule has 0 saturated carbocycles. The molecule has 1 N–H and O–H groups in total. The Hall–Kier alpha value is -3.32. The number of hydrogen-bond acceptors (Lipinski definition) is 5. The molecule has 0 aliphatic heterocycles. The van der Waals surface area contributed by atoms with E-state index in [-0.39, 0.29) is 24.5 Å². The van der Waals surface area contributed by atoms with Crippen LogP contribution in [0.4, 0.5) is 10.1 Å². The van der Waals surface area contributed by atoms with E-state index in [0.29, 0.717) is 21.9 Å². The van der Waals surface area contributed by atoms with Crippen LogP contribution in [0, 0.1) is 5.82 Å². The number of carbonyl (C=O) groups is 3. The topological polar surface area (TPSA) is 72.5 Å². The van der Waals surface area contributed by atoms with Crippen LogP contribution in [0.3, 0.4) is 0 Å². The molecule has 5 nitrogen and oxygen atoms in total. The number of ether oxygens (including phenoxy) is 1. The molecular weight excluding hydrogens is 381 g/mol. The molecule has 0 fully saturated rings. The van der Waals surface area contributed by atoms with Crippen molar-refractivity contribution in [3.63, 3.8) is 0 Å². The molecule has 0 atom stereocenters. The lowest BCUT2D eigenvalue weighted by Gasteiger charge is -2.07. The Balaban J connectivity index is 1.48. The first-order valence-electron chi connectivity index (χ1n) is 8.45. The summed E-state index contributed by atoms with van der Waals surface area (Å²) in [5, 5.41) is 4.56. The fourth-order valence-electron chi connectivity index (χ4n) is 2.38. The van der Waals surface area contributed by atoms with Crippen LogP contribution in [0.2, 0.25) is 0 Å². The second-order valence-electron chi connectivity index (χ2n) is 5.86. The molecule has 0 radical (unpaired) electrons. The van der Waals surface area contributed by atoms with E-state index >= 15 is 0 Å². The number of benzene rings is 2. The number of ketones is 1. The highest BCUT2D eigenvalue weighted by atomic mass is 32.1. The molecular formula is C21H16FNO4S. The summed E-state index contributed by atoms with van der Waals surface area (Å²) in [6.45, 7) is 0. The summed E-state index contributed by atoms with van der Waals surface area (Å²) in [5.74, 6) is -1.13. The van der Waals surface area contributed by atoms with Gasteiger partial charge in [0.15, 0.2) is 5.78 Å². The maximum absolute atomic E-state index is 12.9. The molecule has 0 aliphatic rings. The number of hydrogen-bond donors (Lipinski definition) is 1. The van der Waals surface area contributed by atoms with Crippen LogP contribution in [0.5, 0.6) is 5.75 Å². The lowest BCUT2D eigenvalue weighted by atomic mass is 10.1. The summed E-state index contributed by atoms with van der Waals surface area (Å²) < 4.78 is 18.1. The van der Waals surface area contributed by atoms with E-state index in [2.05, 4.69) is 5.32 Å². The zero-order chi connectivity index (χ0) is 19.9. The fraction of sp³-hybridized carbons (Fsp3) is 0.0952. The van der Waals surface area contributed by atoms with Crippen molar-refractivity contribution in [3.8, 4) is 5.75 Å². The lowest BCUT2D eigenvalue weighted by molar-refractivity contribution is -0.134. The standard InChI is InChI=1S/C21H16FNO4S/c22-15-5-3-14(4-6-15)18(24)11-12-20(25)27-17-9-7-16(8-10-17)23-21(26)19-2-1-13-28-19/h1-10,13H,11-12H2,(H,23,26). The van der Waals surface area contributed by atoms with Gasteiger partial charge < -0.3 is 10.1 Å². The number of Topliss-reactive ketones (excluding diaryl/α,β-unsaturated/α-hetero) is 1. The molecule has 142 valence electrons. The van der Waals surface area contributed by atoms with Gasteiger partial charge >= 0.3 is 5.97 Å². The predicted molar refractivity (Wildman–Crippen MR) is 104 cm³/mol. The summed E-state index contributed by atoms with van der Waals surface area (Å²) in [6.07, 6.45) is -0.119. The molecule has 1 amide bonds. The van der Waals surface area contributed by atoms with Crippen LogP contribution in [0.1, 0.15) is 32.9 Å². The smallest absolute Gasteiger partial charge is 0.311 e. The number of rotatable bonds is 7. The third kappa shape index (κ3) is 5.34. The molecule has 0 saturated heterocycles. The van der Waals surface area contributed by atoms with Crippen LogP contribution in [-0.2, 0) is 4.79 Å². The zero-order valence-corrected chi connectivity index (χ0v) is 15.5. The highest BCUT2D eigenvalue weighted by molar-refractivity contribution is 7.12. The third-order valence-electron chi connectivity index (χ3n) is 3.81. The fourth-order valence-corrected chi connectivity index (χ4v) is 3.00. The number of nitrogens with one attached hydrogen (secondary N) is 1. The molecule has 0 unspecified atom stereocenters. The summed E-state index contributed by atoms with van der Waals surface area (Å²) in [6, 6.07) is 15.0. The van der Waals surface area contributed by atoms with Crippen LogP contribution in [0.25, 0.3) is 0 Å². The highest BCUT2D eigenvalue weighted by Gasteiger charge is 2.12. The Bertz CT molecular complexity index is 967. The number of esters is 1. The highest BCUT2D eigenvalue weighted by Crippen LogP contribution is 2.18. The predicted octanol–water partition coefficient (Wildman–Crippen LogP) is 4.71. The van der Waals surface area contributed by atoms with Crippen LogP contribution >= 0.6 is 11.3 Å². The number of carbonyl (C=O) groups excluding carboxylic acids is 3. The van der Waals surface area contributed by atoms with E-state index in [1.807, 2.05) is 5.38 Å². The zero-order valence-electron chi connectivity index (χ0n) is 14.7. The molecule has 1 aromatic heterocycles. The van der Waals surface area contributed by atoms with Gasteiger partial charge in [0, 0.05) is 17.7 Å². The number of amides is 1. The molecule has 1 heterocycles. The largest absolute Gasteiger partial charge is 0.427 e. The minimum atomic E-state index is -0.550. The molecule has 0 bridgehead atoms. The monoisotopic (exact) mass is 397 g/mol. The number of thiophene rings is 1. The first kappa shape index (κ1) is 19.4. The molecule has 3 aromatic rings. The first-order chi connectivity index (χ1) is 13.5. The Kier molecular flexibility index (Phi) is 6.29. The van der Waals surface area contributed by atoms with Gasteiger partial charge in [-0.3, -0.25) is 14.4 Å². The van der Waals surface area contributed by atoms with Crippen molar-refractivity contribution in [2.75, 3.05) is 5.32 Å². The lowest BCUT2D eigenvalue weighted by Crippen LogP contribution is -2.11. The summed E-state index contributed by atoms with van der Waals surface area (Å²) in [5.41, 5.74) is 0.921. The average molecular weight is 397 g/mol. The second kappa shape index (κ2) is 9.05. The average Bonchev–Trinajstić information content (AvgIpc) is 3.23. The van der Waals surface area contributed by atoms with E-state index in [4.69, 9.17) is 4.74 Å². The van der Waals surface area contributed by atoms with Gasteiger partial charge in [-0.1, -0.05) is 6.07 Å². The van der Waals surface area contributed by atoms with Crippen molar-refractivity contribution in [3.05, 3.63) is 82.3 Å². The Morgan fingerprint density at radius 1 is 0.929 bits per heavy atom. The van der Waals surface area contributed by atoms with Crippen LogP contribution in [0.15, 0.2) is 66.0 Å². The van der Waals surface area contributed by atoms with E-state index in [1.54, 1.807) is 36.4 Å². The van der Waals surface area contributed by atoms with E-state index in [1.165, 1.54) is 35.6 Å². The quantitative estimate of drug-likeness (QED) is 0.356. The van der Waals surface area contributed by atoms with Crippen molar-refractivity contribution in [2.24, 2.45) is 0 Å². The third-order valence-corrected chi connectivity index (χ3v) is 4.68. The Labute approximate surface area is 164 Å². The van der Waals surface area contributed by atoms with Crippen molar-refractivity contribution < 1.29 is 23.5 Å². The van der Waals surface area contributed by atoms with E-state index in [0.717, 1.165) is 0 Å². The van der Waals surface area contributed by atoms with Gasteiger partial charge in [0.05, 0.1) is 11.3 Å². The summed E-state index contributed by atoms with van der Waals surface area (Å²) in [7, 11) is 0. The molecule has 2 aromatic carbocycles. The SMILES string of the molecule is O=C(CCC(=O)c1ccc(F)cc1)Oc1ccc(NC(=O)c2cccs2)cc1. The molecule has 7 heteroatoms. The molecule has 28 heavy (non-hydrogen) atoms. The molecule has 0 spiro atoms. The number of anilines is 1. The van der Waals surface area contributed by atoms with Gasteiger partial charge in [-0.25, -0.2) is 4.39 Å². The van der Waals surface area contributed by atoms with Crippen molar-refractivity contribution in [2.45, 2.75) is 12.8 Å². The maximum atomic E-state index is 12.9. The Morgan fingerprint density at radius 2 is 1.64 bits per heavy atom. The molecule has 0 aliphatic carbocycles. The van der Waals surface area contributed by atoms with Crippen molar-refractivity contribution in [1.29, 1.82) is 0 Å². The minimum absolute atomic E-state index is 0.0284. The summed E-state index contributed by atoms with van der Waals surface area (Å²) in [4.78, 5) is 36.5. The van der Waals surface area contributed by atoms with Gasteiger partial charge in [-0.2, -0.15) is 0 Å². The van der Waals surface area contributed by atoms with Gasteiger partial charge in [0.2, 0.25) is 0 Å². The van der Waals surface area contributed by atoms with Crippen molar-refractivity contribution >= 4 is 34.7 Å². The maximum Gasteiger partial charge on any atom is 0.311 e. The molecule has 3 rings (SSSR count). The van der Waals surface area contributed by atoms with Gasteiger partial charge in [-0.15, -0.1) is 11.3 Å². The summed E-state index contributed by atoms with van der Waals surface area (Å²) >= 11 is 1.34. The first-order valence-corrected chi connectivity index (χ1v) is 9.33. The van der Waals surface area contributed by atoms with Crippen LogP contribution in [-0.4, -0.2) is 17.7 Å². The van der Waals surface area contributed by atoms with E-state index in [9.17, 15) is 18.8 Å².